The van der Waals surface area contributed by atoms with Crippen molar-refractivity contribution in [2.24, 2.45) is 7.05 Å². The van der Waals surface area contributed by atoms with Gasteiger partial charge >= 0.3 is 0 Å². The van der Waals surface area contributed by atoms with Crippen LogP contribution in [0.2, 0.25) is 0 Å². The van der Waals surface area contributed by atoms with E-state index in [1.807, 2.05) is 24.7 Å². The highest BCUT2D eigenvalue weighted by Crippen LogP contribution is 2.05. The van der Waals surface area contributed by atoms with Gasteiger partial charge in [-0.1, -0.05) is 6.92 Å². The summed E-state index contributed by atoms with van der Waals surface area (Å²) in [4.78, 5) is 0. The molecule has 5 nitrogen and oxygen atoms in total. The van der Waals surface area contributed by atoms with E-state index in [9.17, 15) is 8.42 Å². The van der Waals surface area contributed by atoms with Crippen LogP contribution >= 0.6 is 0 Å². The quantitative estimate of drug-likeness (QED) is 0.768. The lowest BCUT2D eigenvalue weighted by molar-refractivity contribution is 0.511. The molecule has 1 unspecified atom stereocenters. The number of sulfone groups is 1. The highest BCUT2D eigenvalue weighted by Gasteiger charge is 2.14. The Labute approximate surface area is 103 Å². The van der Waals surface area contributed by atoms with Crippen LogP contribution in [-0.4, -0.2) is 42.8 Å². The average Bonchev–Trinajstić information content (AvgIpc) is 2.59. The minimum atomic E-state index is -2.93. The molecular weight excluding hydrogens is 238 g/mol. The van der Waals surface area contributed by atoms with Crippen molar-refractivity contribution < 1.29 is 8.42 Å². The molecule has 0 radical (unpaired) electrons. The molecule has 0 aromatic carbocycles. The number of nitrogens with one attached hydrogen (secondary N) is 1. The number of nitrogens with zero attached hydrogens (tertiary/aromatic N) is 2. The minimum Gasteiger partial charge on any atom is -0.313 e. The van der Waals surface area contributed by atoms with E-state index in [-0.39, 0.29) is 11.8 Å². The van der Waals surface area contributed by atoms with Gasteiger partial charge in [-0.05, 0) is 25.5 Å². The van der Waals surface area contributed by atoms with Crippen LogP contribution in [0.15, 0.2) is 12.3 Å². The fourth-order valence-corrected chi connectivity index (χ4v) is 2.88. The smallest absolute Gasteiger partial charge is 0.148 e. The second-order valence-electron chi connectivity index (χ2n) is 4.33. The van der Waals surface area contributed by atoms with E-state index in [4.69, 9.17) is 0 Å². The Balaban J connectivity index is 2.53. The molecule has 17 heavy (non-hydrogen) atoms. The Morgan fingerprint density at radius 3 is 2.71 bits per heavy atom. The highest BCUT2D eigenvalue weighted by molar-refractivity contribution is 7.90. The van der Waals surface area contributed by atoms with Gasteiger partial charge in [0.1, 0.15) is 9.84 Å². The molecule has 0 amide bonds. The number of hydrogen-bond donors (Lipinski definition) is 1. The Morgan fingerprint density at radius 2 is 2.24 bits per heavy atom. The second kappa shape index (κ2) is 6.16. The predicted octanol–water partition coefficient (Wildman–Crippen LogP) is 0.375. The molecule has 0 saturated heterocycles. The highest BCUT2D eigenvalue weighted by atomic mass is 32.2. The van der Waals surface area contributed by atoms with Crippen molar-refractivity contribution in [1.82, 2.24) is 15.1 Å². The zero-order chi connectivity index (χ0) is 12.9. The monoisotopic (exact) mass is 259 g/mol. The molecule has 0 bridgehead atoms. The van der Waals surface area contributed by atoms with Crippen LogP contribution in [0.1, 0.15) is 19.0 Å². The van der Waals surface area contributed by atoms with Crippen molar-refractivity contribution in [3.8, 4) is 0 Å². The molecule has 0 saturated carbocycles. The molecule has 1 aromatic heterocycles. The summed E-state index contributed by atoms with van der Waals surface area (Å²) in [5, 5.41) is 7.31. The number of hydrogen-bond acceptors (Lipinski definition) is 4. The van der Waals surface area contributed by atoms with Crippen LogP contribution in [0.5, 0.6) is 0 Å². The van der Waals surface area contributed by atoms with Gasteiger partial charge in [-0.2, -0.15) is 5.10 Å². The summed E-state index contributed by atoms with van der Waals surface area (Å²) in [5.41, 5.74) is 1.13. The maximum Gasteiger partial charge on any atom is 0.148 e. The molecule has 1 heterocycles. The lowest BCUT2D eigenvalue weighted by Gasteiger charge is -2.16. The Morgan fingerprint density at radius 1 is 1.53 bits per heavy atom. The summed E-state index contributed by atoms with van der Waals surface area (Å²) in [7, 11) is -1.03. The van der Waals surface area contributed by atoms with Crippen LogP contribution < -0.4 is 5.32 Å². The van der Waals surface area contributed by atoms with E-state index < -0.39 is 9.84 Å². The average molecular weight is 259 g/mol. The van der Waals surface area contributed by atoms with E-state index in [1.54, 1.807) is 6.20 Å². The summed E-state index contributed by atoms with van der Waals surface area (Å²) in [6.07, 6.45) is 4.68. The zero-order valence-corrected chi connectivity index (χ0v) is 11.5. The summed E-state index contributed by atoms with van der Waals surface area (Å²) >= 11 is 0. The van der Waals surface area contributed by atoms with Gasteiger partial charge in [0, 0.05) is 31.2 Å². The molecule has 0 fully saturated rings. The number of aromatic nitrogens is 2. The fraction of sp³-hybridized carbons (Fsp3) is 0.727. The summed E-state index contributed by atoms with van der Waals surface area (Å²) < 4.78 is 24.4. The summed E-state index contributed by atoms with van der Waals surface area (Å²) in [5.74, 6) is 0.193. The third-order valence-corrected chi connectivity index (χ3v) is 3.68. The van der Waals surface area contributed by atoms with Crippen LogP contribution in [0.25, 0.3) is 0 Å². The largest absolute Gasteiger partial charge is 0.313 e. The molecular formula is C11H21N3O2S. The van der Waals surface area contributed by atoms with Crippen molar-refractivity contribution in [1.29, 1.82) is 0 Å². The molecule has 0 aliphatic carbocycles. The molecule has 0 aliphatic rings. The molecule has 0 spiro atoms. The Kier molecular flexibility index (Phi) is 5.14. The zero-order valence-electron chi connectivity index (χ0n) is 10.7. The van der Waals surface area contributed by atoms with Crippen LogP contribution in [0.3, 0.4) is 0 Å². The van der Waals surface area contributed by atoms with Crippen LogP contribution in [-0.2, 0) is 23.3 Å². The normalized spacial score (nSPS) is 13.8. The molecule has 1 N–H and O–H groups in total. The molecule has 98 valence electrons. The SMILES string of the molecule is CCNC(CCc1ccnn1C)CS(C)(=O)=O. The maximum atomic E-state index is 11.3. The van der Waals surface area contributed by atoms with Gasteiger partial charge in [0.2, 0.25) is 0 Å². The first-order valence-electron chi connectivity index (χ1n) is 5.80. The second-order valence-corrected chi connectivity index (χ2v) is 6.52. The van der Waals surface area contributed by atoms with Crippen molar-refractivity contribution in [3.05, 3.63) is 18.0 Å². The fourth-order valence-electron chi connectivity index (χ4n) is 1.87. The van der Waals surface area contributed by atoms with Gasteiger partial charge in [-0.15, -0.1) is 0 Å². The Hall–Kier alpha value is -0.880. The maximum absolute atomic E-state index is 11.3. The first-order chi connectivity index (χ1) is 7.92. The van der Waals surface area contributed by atoms with E-state index in [0.717, 1.165) is 25.1 Å². The number of rotatable bonds is 7. The van der Waals surface area contributed by atoms with E-state index >= 15 is 0 Å². The minimum absolute atomic E-state index is 0.0184. The molecule has 1 rings (SSSR count). The molecule has 6 heteroatoms. The predicted molar refractivity (Wildman–Crippen MR) is 68.7 cm³/mol. The summed E-state index contributed by atoms with van der Waals surface area (Å²) in [6.45, 7) is 2.77. The van der Waals surface area contributed by atoms with E-state index in [1.165, 1.54) is 6.26 Å². The third-order valence-electron chi connectivity index (χ3n) is 2.67. The molecule has 1 aromatic rings. The van der Waals surface area contributed by atoms with Crippen molar-refractivity contribution in [2.75, 3.05) is 18.6 Å². The molecule has 0 aliphatic heterocycles. The van der Waals surface area contributed by atoms with Crippen LogP contribution in [0, 0.1) is 0 Å². The van der Waals surface area contributed by atoms with Crippen LogP contribution in [0.4, 0.5) is 0 Å². The first kappa shape index (κ1) is 14.2. The van der Waals surface area contributed by atoms with Crippen molar-refractivity contribution in [3.63, 3.8) is 0 Å². The first-order valence-corrected chi connectivity index (χ1v) is 7.86. The van der Waals surface area contributed by atoms with Crippen molar-refractivity contribution in [2.45, 2.75) is 25.8 Å². The van der Waals surface area contributed by atoms with E-state index in [2.05, 4.69) is 10.4 Å². The van der Waals surface area contributed by atoms with Gasteiger partial charge in [-0.25, -0.2) is 8.42 Å². The van der Waals surface area contributed by atoms with Gasteiger partial charge in [-0.3, -0.25) is 4.68 Å². The van der Waals surface area contributed by atoms with Gasteiger partial charge in [0.25, 0.3) is 0 Å². The topological polar surface area (TPSA) is 64.0 Å². The van der Waals surface area contributed by atoms with Gasteiger partial charge in [0.05, 0.1) is 5.75 Å². The lowest BCUT2D eigenvalue weighted by atomic mass is 10.1. The third kappa shape index (κ3) is 5.32. The van der Waals surface area contributed by atoms with Gasteiger partial charge in [0.15, 0.2) is 0 Å². The van der Waals surface area contributed by atoms with E-state index in [0.29, 0.717) is 0 Å². The Bertz CT molecular complexity index is 439. The standard InChI is InChI=1S/C11H21N3O2S/c1-4-12-10(9-17(3,15)16)5-6-11-7-8-13-14(11)2/h7-8,10,12H,4-6,9H2,1-3H3. The van der Waals surface area contributed by atoms with Crippen molar-refractivity contribution >= 4 is 9.84 Å². The molecule has 1 atom stereocenters. The van der Waals surface area contributed by atoms with Gasteiger partial charge < -0.3 is 5.32 Å². The lowest BCUT2D eigenvalue weighted by Crippen LogP contribution is -2.35. The number of aryl methyl sites for hydroxylation is 2. The summed E-state index contributed by atoms with van der Waals surface area (Å²) in [6, 6.07) is 1.98.